The van der Waals surface area contributed by atoms with E-state index in [2.05, 4.69) is 15.1 Å². The van der Waals surface area contributed by atoms with Crippen molar-refractivity contribution in [2.75, 3.05) is 0 Å². The first kappa shape index (κ1) is 11.4. The van der Waals surface area contributed by atoms with Crippen LogP contribution in [0.3, 0.4) is 0 Å². The molecule has 7 heteroatoms. The van der Waals surface area contributed by atoms with E-state index in [1.165, 1.54) is 10.7 Å². The lowest BCUT2D eigenvalue weighted by atomic mass is 10.2. The molecule has 3 aromatic rings. The number of carbonyl (C=O) groups is 1. The SMILES string of the molecule is Cc1ncc(-c2cc(C)n3ncc(C(=O)O)c3n2)o1. The van der Waals surface area contributed by atoms with Gasteiger partial charge in [0.15, 0.2) is 17.3 Å². The van der Waals surface area contributed by atoms with Gasteiger partial charge in [-0.2, -0.15) is 5.10 Å². The number of carboxylic acids is 1. The van der Waals surface area contributed by atoms with Crippen LogP contribution < -0.4 is 0 Å². The number of hydrogen-bond donors (Lipinski definition) is 1. The Hall–Kier alpha value is -2.70. The molecule has 0 aliphatic rings. The van der Waals surface area contributed by atoms with E-state index in [0.29, 0.717) is 17.3 Å². The van der Waals surface area contributed by atoms with Crippen molar-refractivity contribution >= 4 is 11.6 Å². The lowest BCUT2D eigenvalue weighted by molar-refractivity contribution is 0.0699. The highest BCUT2D eigenvalue weighted by Crippen LogP contribution is 2.21. The van der Waals surface area contributed by atoms with E-state index >= 15 is 0 Å². The molecule has 0 spiro atoms. The van der Waals surface area contributed by atoms with Gasteiger partial charge in [-0.1, -0.05) is 0 Å². The van der Waals surface area contributed by atoms with Gasteiger partial charge in [0.05, 0.1) is 12.4 Å². The van der Waals surface area contributed by atoms with E-state index in [9.17, 15) is 4.79 Å². The molecule has 0 unspecified atom stereocenters. The van der Waals surface area contributed by atoms with Crippen LogP contribution in [0, 0.1) is 13.8 Å². The minimum absolute atomic E-state index is 0.0567. The van der Waals surface area contributed by atoms with Crippen LogP contribution in [-0.2, 0) is 0 Å². The zero-order valence-electron chi connectivity index (χ0n) is 10.3. The Balaban J connectivity index is 2.27. The lowest BCUT2D eigenvalue weighted by Crippen LogP contribution is -2.01. The zero-order chi connectivity index (χ0) is 13.6. The van der Waals surface area contributed by atoms with Gasteiger partial charge in [0, 0.05) is 12.6 Å². The fraction of sp³-hybridized carbons (Fsp3) is 0.167. The smallest absolute Gasteiger partial charge is 0.341 e. The maximum Gasteiger partial charge on any atom is 0.341 e. The number of nitrogens with zero attached hydrogens (tertiary/aromatic N) is 4. The van der Waals surface area contributed by atoms with Crippen molar-refractivity contribution in [2.45, 2.75) is 13.8 Å². The number of carboxylic acid groups (broad SMARTS) is 1. The lowest BCUT2D eigenvalue weighted by Gasteiger charge is -2.02. The van der Waals surface area contributed by atoms with Gasteiger partial charge in [0.2, 0.25) is 0 Å². The molecule has 0 atom stereocenters. The predicted octanol–water partition coefficient (Wildman–Crippen LogP) is 1.70. The van der Waals surface area contributed by atoms with Crippen LogP contribution in [0.25, 0.3) is 17.1 Å². The third-order valence-corrected chi connectivity index (χ3v) is 2.75. The van der Waals surface area contributed by atoms with Crippen molar-refractivity contribution < 1.29 is 14.3 Å². The van der Waals surface area contributed by atoms with E-state index in [1.807, 2.05) is 6.92 Å². The van der Waals surface area contributed by atoms with Crippen molar-refractivity contribution in [1.29, 1.82) is 0 Å². The molecule has 0 saturated carbocycles. The molecule has 0 aliphatic carbocycles. The van der Waals surface area contributed by atoms with Gasteiger partial charge in [-0.15, -0.1) is 0 Å². The molecular weight excluding hydrogens is 248 g/mol. The molecule has 0 amide bonds. The van der Waals surface area contributed by atoms with E-state index in [-0.39, 0.29) is 11.2 Å². The van der Waals surface area contributed by atoms with Gasteiger partial charge in [-0.3, -0.25) is 0 Å². The third kappa shape index (κ3) is 1.75. The summed E-state index contributed by atoms with van der Waals surface area (Å²) in [4.78, 5) is 19.4. The molecule has 0 aromatic carbocycles. The molecule has 1 N–H and O–H groups in total. The van der Waals surface area contributed by atoms with Crippen LogP contribution in [-0.4, -0.2) is 30.7 Å². The first-order valence-electron chi connectivity index (χ1n) is 5.58. The fourth-order valence-corrected chi connectivity index (χ4v) is 1.87. The topological polar surface area (TPSA) is 93.5 Å². The number of aromatic carboxylic acids is 1. The number of hydrogen-bond acceptors (Lipinski definition) is 5. The molecule has 3 heterocycles. The molecule has 3 rings (SSSR count). The maximum absolute atomic E-state index is 11.1. The van der Waals surface area contributed by atoms with Gasteiger partial charge in [0.1, 0.15) is 11.3 Å². The summed E-state index contributed by atoms with van der Waals surface area (Å²) in [6.07, 6.45) is 2.84. The van der Waals surface area contributed by atoms with Crippen LogP contribution in [0.15, 0.2) is 22.9 Å². The molecule has 0 bridgehead atoms. The summed E-state index contributed by atoms with van der Waals surface area (Å²) in [5, 5.41) is 13.1. The van der Waals surface area contributed by atoms with E-state index in [1.54, 1.807) is 19.2 Å². The van der Waals surface area contributed by atoms with E-state index in [0.717, 1.165) is 5.69 Å². The van der Waals surface area contributed by atoms with Crippen LogP contribution >= 0.6 is 0 Å². The molecule has 0 fully saturated rings. The quantitative estimate of drug-likeness (QED) is 0.751. The molecule has 0 saturated heterocycles. The van der Waals surface area contributed by atoms with Gasteiger partial charge in [-0.25, -0.2) is 19.3 Å². The standard InChI is InChI=1S/C12H10N4O3/c1-6-3-9(10-5-13-7(2)19-10)15-11-8(12(17)18)4-14-16(6)11/h3-5H,1-2H3,(H,17,18). The second-order valence-electron chi connectivity index (χ2n) is 4.13. The third-order valence-electron chi connectivity index (χ3n) is 2.75. The van der Waals surface area contributed by atoms with E-state index in [4.69, 9.17) is 9.52 Å². The number of fused-ring (bicyclic) bond motifs is 1. The van der Waals surface area contributed by atoms with Crippen LogP contribution in [0.2, 0.25) is 0 Å². The van der Waals surface area contributed by atoms with Gasteiger partial charge >= 0.3 is 5.97 Å². The summed E-state index contributed by atoms with van der Waals surface area (Å²) < 4.78 is 6.88. The Morgan fingerprint density at radius 3 is 2.79 bits per heavy atom. The molecule has 96 valence electrons. The van der Waals surface area contributed by atoms with Crippen LogP contribution in [0.5, 0.6) is 0 Å². The highest BCUT2D eigenvalue weighted by molar-refractivity contribution is 5.94. The fourth-order valence-electron chi connectivity index (χ4n) is 1.87. The van der Waals surface area contributed by atoms with Crippen LogP contribution in [0.1, 0.15) is 21.9 Å². The first-order chi connectivity index (χ1) is 9.06. The van der Waals surface area contributed by atoms with Gasteiger partial charge < -0.3 is 9.52 Å². The summed E-state index contributed by atoms with van der Waals surface area (Å²) in [5.74, 6) is -0.0327. The minimum atomic E-state index is -1.06. The molecule has 19 heavy (non-hydrogen) atoms. The number of aryl methyl sites for hydroxylation is 2. The summed E-state index contributed by atoms with van der Waals surface area (Å²) in [5.41, 5.74) is 1.65. The van der Waals surface area contributed by atoms with Crippen molar-refractivity contribution in [2.24, 2.45) is 0 Å². The highest BCUT2D eigenvalue weighted by atomic mass is 16.4. The summed E-state index contributed by atoms with van der Waals surface area (Å²) in [6, 6.07) is 1.77. The van der Waals surface area contributed by atoms with E-state index < -0.39 is 5.97 Å². The molecule has 7 nitrogen and oxygen atoms in total. The highest BCUT2D eigenvalue weighted by Gasteiger charge is 2.16. The Kier molecular flexibility index (Phi) is 2.34. The van der Waals surface area contributed by atoms with Crippen LogP contribution in [0.4, 0.5) is 0 Å². The summed E-state index contributed by atoms with van der Waals surface area (Å²) >= 11 is 0. The largest absolute Gasteiger partial charge is 0.477 e. The Morgan fingerprint density at radius 2 is 2.16 bits per heavy atom. The molecule has 3 aromatic heterocycles. The first-order valence-corrected chi connectivity index (χ1v) is 5.58. The van der Waals surface area contributed by atoms with Crippen molar-refractivity contribution in [3.63, 3.8) is 0 Å². The van der Waals surface area contributed by atoms with Crippen molar-refractivity contribution in [3.05, 3.63) is 35.6 Å². The Labute approximate surface area is 107 Å². The van der Waals surface area contributed by atoms with Crippen molar-refractivity contribution in [3.8, 4) is 11.5 Å². The monoisotopic (exact) mass is 258 g/mol. The second-order valence-corrected chi connectivity index (χ2v) is 4.13. The second kappa shape index (κ2) is 3.91. The number of rotatable bonds is 2. The predicted molar refractivity (Wildman–Crippen MR) is 64.9 cm³/mol. The zero-order valence-corrected chi connectivity index (χ0v) is 10.3. The maximum atomic E-state index is 11.1. The molecular formula is C12H10N4O3. The molecule has 0 aliphatic heterocycles. The number of oxazole rings is 1. The Morgan fingerprint density at radius 1 is 1.37 bits per heavy atom. The van der Waals surface area contributed by atoms with Crippen molar-refractivity contribution in [1.82, 2.24) is 19.6 Å². The summed E-state index contributed by atoms with van der Waals surface area (Å²) in [7, 11) is 0. The van der Waals surface area contributed by atoms with Gasteiger partial charge in [0.25, 0.3) is 0 Å². The van der Waals surface area contributed by atoms with Gasteiger partial charge in [-0.05, 0) is 13.0 Å². The number of aromatic nitrogens is 4. The summed E-state index contributed by atoms with van der Waals surface area (Å²) in [6.45, 7) is 3.55. The normalized spacial score (nSPS) is 11.1. The molecule has 0 radical (unpaired) electrons. The minimum Gasteiger partial charge on any atom is -0.477 e. The Bertz CT molecular complexity index is 787. The average Bonchev–Trinajstić information content (AvgIpc) is 2.94. The average molecular weight is 258 g/mol.